The Morgan fingerprint density at radius 1 is 1.50 bits per heavy atom. The minimum atomic E-state index is -0.946. The Bertz CT molecular complexity index is 442. The summed E-state index contributed by atoms with van der Waals surface area (Å²) >= 11 is 1.06. The molecule has 1 N–H and O–H groups in total. The van der Waals surface area contributed by atoms with Gasteiger partial charge in [-0.1, -0.05) is 0 Å². The minimum Gasteiger partial charge on any atom is -0.468 e. The van der Waals surface area contributed by atoms with E-state index >= 15 is 0 Å². The van der Waals surface area contributed by atoms with Gasteiger partial charge in [0.05, 0.1) is 7.11 Å². The minimum absolute atomic E-state index is 0.167. The molecule has 0 spiro atoms. The average Bonchev–Trinajstić information content (AvgIpc) is 2.38. The molecule has 3 nitrogen and oxygen atoms in total. The van der Waals surface area contributed by atoms with Crippen LogP contribution in [0.3, 0.4) is 0 Å². The highest BCUT2D eigenvalue weighted by molar-refractivity contribution is 7.99. The topological polar surface area (TPSA) is 38.3 Å². The van der Waals surface area contributed by atoms with E-state index in [0.29, 0.717) is 0 Å². The van der Waals surface area contributed by atoms with Gasteiger partial charge in [0, 0.05) is 10.6 Å². The first kappa shape index (κ1) is 14.9. The fourth-order valence-electron chi connectivity index (χ4n) is 1.27. The summed E-state index contributed by atoms with van der Waals surface area (Å²) in [5.74, 6) is -1.24. The van der Waals surface area contributed by atoms with Gasteiger partial charge in [-0.25, -0.2) is 8.78 Å². The number of benzene rings is 1. The third-order valence-electron chi connectivity index (χ3n) is 2.60. The molecule has 0 aliphatic rings. The number of nitrogens with one attached hydrogen (secondary N) is 1. The van der Waals surface area contributed by atoms with Crippen LogP contribution in [0, 0.1) is 11.6 Å². The average molecular weight is 275 g/mol. The number of thioether (sulfide) groups is 1. The molecule has 1 aromatic rings. The third kappa shape index (κ3) is 3.43. The third-order valence-corrected chi connectivity index (χ3v) is 3.94. The van der Waals surface area contributed by atoms with Crippen molar-refractivity contribution in [3.05, 3.63) is 29.8 Å². The second-order valence-electron chi connectivity index (χ2n) is 3.94. The summed E-state index contributed by atoms with van der Waals surface area (Å²) in [5.41, 5.74) is -0.946. The summed E-state index contributed by atoms with van der Waals surface area (Å²) < 4.78 is 31.1. The van der Waals surface area contributed by atoms with Crippen LogP contribution in [-0.4, -0.2) is 31.4 Å². The smallest absolute Gasteiger partial charge is 0.326 e. The van der Waals surface area contributed by atoms with Gasteiger partial charge >= 0.3 is 5.97 Å². The number of methoxy groups -OCH3 is 1. The zero-order valence-corrected chi connectivity index (χ0v) is 11.2. The van der Waals surface area contributed by atoms with Crippen LogP contribution in [0.2, 0.25) is 0 Å². The molecule has 1 atom stereocenters. The maximum Gasteiger partial charge on any atom is 0.326 e. The molecule has 0 heterocycles. The van der Waals surface area contributed by atoms with E-state index in [2.05, 4.69) is 10.1 Å². The first-order chi connectivity index (χ1) is 8.42. The van der Waals surface area contributed by atoms with E-state index in [1.165, 1.54) is 7.11 Å². The lowest BCUT2D eigenvalue weighted by Crippen LogP contribution is -2.50. The monoisotopic (exact) mass is 275 g/mol. The van der Waals surface area contributed by atoms with Gasteiger partial charge in [-0.15, -0.1) is 11.8 Å². The van der Waals surface area contributed by atoms with Gasteiger partial charge in [0.1, 0.15) is 17.2 Å². The standard InChI is InChI=1S/C12H15F2NO2S/c1-12(15-2,11(16)17-3)7-18-10-6-8(13)4-5-9(10)14/h4-6,15H,7H2,1-3H3. The SMILES string of the molecule is CNC(C)(CSc1cc(F)ccc1F)C(=O)OC. The first-order valence-electron chi connectivity index (χ1n) is 5.28. The van der Waals surface area contributed by atoms with Gasteiger partial charge in [-0.2, -0.15) is 0 Å². The number of rotatable bonds is 5. The van der Waals surface area contributed by atoms with Gasteiger partial charge in [0.15, 0.2) is 0 Å². The maximum atomic E-state index is 13.4. The first-order valence-corrected chi connectivity index (χ1v) is 6.26. The summed E-state index contributed by atoms with van der Waals surface area (Å²) in [5, 5.41) is 2.82. The Balaban J connectivity index is 2.80. The second-order valence-corrected chi connectivity index (χ2v) is 4.95. The summed E-state index contributed by atoms with van der Waals surface area (Å²) in [6, 6.07) is 3.22. The Morgan fingerprint density at radius 3 is 2.72 bits per heavy atom. The van der Waals surface area contributed by atoms with Crippen LogP contribution >= 0.6 is 11.8 Å². The van der Waals surface area contributed by atoms with Crippen LogP contribution in [-0.2, 0) is 9.53 Å². The van der Waals surface area contributed by atoms with Crippen molar-refractivity contribution in [3.63, 3.8) is 0 Å². The lowest BCUT2D eigenvalue weighted by Gasteiger charge is -2.25. The van der Waals surface area contributed by atoms with Crippen molar-refractivity contribution in [2.45, 2.75) is 17.4 Å². The van der Waals surface area contributed by atoms with Crippen LogP contribution in [0.1, 0.15) is 6.92 Å². The predicted molar refractivity (Wildman–Crippen MR) is 66.6 cm³/mol. The van der Waals surface area contributed by atoms with Crippen molar-refractivity contribution in [1.82, 2.24) is 5.32 Å². The molecular formula is C12H15F2NO2S. The van der Waals surface area contributed by atoms with E-state index in [-0.39, 0.29) is 10.6 Å². The molecule has 0 saturated carbocycles. The molecule has 1 rings (SSSR count). The summed E-state index contributed by atoms with van der Waals surface area (Å²) in [4.78, 5) is 11.7. The molecule has 6 heteroatoms. The van der Waals surface area contributed by atoms with E-state index in [1.54, 1.807) is 14.0 Å². The number of hydrogen-bond acceptors (Lipinski definition) is 4. The van der Waals surface area contributed by atoms with Crippen molar-refractivity contribution >= 4 is 17.7 Å². The normalized spacial score (nSPS) is 14.1. The second kappa shape index (κ2) is 6.15. The Hall–Kier alpha value is -1.14. The zero-order valence-electron chi connectivity index (χ0n) is 10.4. The lowest BCUT2D eigenvalue weighted by atomic mass is 10.1. The molecule has 0 fully saturated rings. The van der Waals surface area contributed by atoms with E-state index in [1.807, 2.05) is 0 Å². The van der Waals surface area contributed by atoms with Crippen molar-refractivity contribution in [1.29, 1.82) is 0 Å². The van der Waals surface area contributed by atoms with E-state index in [0.717, 1.165) is 30.0 Å². The summed E-state index contributed by atoms with van der Waals surface area (Å²) in [6.07, 6.45) is 0. The van der Waals surface area contributed by atoms with E-state index in [4.69, 9.17) is 0 Å². The largest absolute Gasteiger partial charge is 0.468 e. The highest BCUT2D eigenvalue weighted by Gasteiger charge is 2.32. The van der Waals surface area contributed by atoms with Crippen LogP contribution in [0.5, 0.6) is 0 Å². The van der Waals surface area contributed by atoms with Crippen molar-refractivity contribution in [3.8, 4) is 0 Å². The summed E-state index contributed by atoms with van der Waals surface area (Å²) in [7, 11) is 2.89. The Kier molecular flexibility index (Phi) is 5.10. The number of carbonyl (C=O) groups is 1. The van der Waals surface area contributed by atoms with Crippen molar-refractivity contribution in [2.24, 2.45) is 0 Å². The number of likely N-dealkylation sites (N-methyl/N-ethyl adjacent to an activating group) is 1. The predicted octanol–water partition coefficient (Wildman–Crippen LogP) is 2.21. The molecule has 0 aliphatic carbocycles. The fourth-order valence-corrected chi connectivity index (χ4v) is 2.38. The molecule has 0 aromatic heterocycles. The van der Waals surface area contributed by atoms with Gasteiger partial charge in [-0.3, -0.25) is 4.79 Å². The summed E-state index contributed by atoms with van der Waals surface area (Å²) in [6.45, 7) is 1.64. The highest BCUT2D eigenvalue weighted by atomic mass is 32.2. The van der Waals surface area contributed by atoms with Crippen LogP contribution in [0.25, 0.3) is 0 Å². The molecule has 0 radical (unpaired) electrons. The molecule has 1 unspecified atom stereocenters. The van der Waals surface area contributed by atoms with Gasteiger partial charge in [0.2, 0.25) is 0 Å². The van der Waals surface area contributed by atoms with Crippen molar-refractivity contribution in [2.75, 3.05) is 19.9 Å². The highest BCUT2D eigenvalue weighted by Crippen LogP contribution is 2.26. The molecular weight excluding hydrogens is 260 g/mol. The van der Waals surface area contributed by atoms with Crippen molar-refractivity contribution < 1.29 is 18.3 Å². The molecule has 100 valence electrons. The molecule has 1 aromatic carbocycles. The van der Waals surface area contributed by atoms with Crippen LogP contribution in [0.4, 0.5) is 8.78 Å². The van der Waals surface area contributed by atoms with Gasteiger partial charge < -0.3 is 10.1 Å². The Morgan fingerprint density at radius 2 is 2.17 bits per heavy atom. The van der Waals surface area contributed by atoms with Gasteiger partial charge in [-0.05, 0) is 32.2 Å². The Labute approximate surface area is 109 Å². The maximum absolute atomic E-state index is 13.4. The molecule has 18 heavy (non-hydrogen) atoms. The van der Waals surface area contributed by atoms with E-state index in [9.17, 15) is 13.6 Å². The number of halogens is 2. The number of carbonyl (C=O) groups excluding carboxylic acids is 1. The zero-order chi connectivity index (χ0) is 13.8. The molecule has 0 amide bonds. The van der Waals surface area contributed by atoms with Crippen LogP contribution in [0.15, 0.2) is 23.1 Å². The van der Waals surface area contributed by atoms with E-state index < -0.39 is 23.1 Å². The molecule has 0 bridgehead atoms. The van der Waals surface area contributed by atoms with Gasteiger partial charge in [0.25, 0.3) is 0 Å². The number of esters is 1. The number of hydrogen-bond donors (Lipinski definition) is 1. The molecule has 0 saturated heterocycles. The van der Waals surface area contributed by atoms with Crippen LogP contribution < -0.4 is 5.32 Å². The quantitative estimate of drug-likeness (QED) is 0.660. The lowest BCUT2D eigenvalue weighted by molar-refractivity contribution is -0.146. The number of ether oxygens (including phenoxy) is 1. The molecule has 0 aliphatic heterocycles. The fraction of sp³-hybridized carbons (Fsp3) is 0.417.